The van der Waals surface area contributed by atoms with Gasteiger partial charge in [-0.3, -0.25) is 0 Å². The minimum absolute atomic E-state index is 0.294. The van der Waals surface area contributed by atoms with Gasteiger partial charge in [0.25, 0.3) is 0 Å². The zero-order valence-electron chi connectivity index (χ0n) is 12.5. The molecule has 0 spiro atoms. The van der Waals surface area contributed by atoms with Crippen LogP contribution in [-0.4, -0.2) is 37.5 Å². The normalized spacial score (nSPS) is 16.0. The van der Waals surface area contributed by atoms with Gasteiger partial charge in [0.1, 0.15) is 11.4 Å². The van der Waals surface area contributed by atoms with Crippen molar-refractivity contribution in [3.05, 3.63) is 22.5 Å². The Kier molecular flexibility index (Phi) is 5.90. The Balaban J connectivity index is 3.45. The predicted octanol–water partition coefficient (Wildman–Crippen LogP) is 2.74. The lowest BCUT2D eigenvalue weighted by Gasteiger charge is -2.27. The number of halogens is 6. The van der Waals surface area contributed by atoms with Gasteiger partial charge in [-0.15, -0.1) is 0 Å². The molecular weight excluding hydrogens is 348 g/mol. The molecule has 5 nitrogen and oxygen atoms in total. The van der Waals surface area contributed by atoms with E-state index in [1.54, 1.807) is 0 Å². The standard InChI is InChI=1S/C13H13F6NO4/c1-3-23-10(21)6-5-7(11(22)24-4-2)9(13(17,18)19)20-8(6)12(14,15)16/h20H,3-5H2,1-2H3. The van der Waals surface area contributed by atoms with Gasteiger partial charge in [0.15, 0.2) is 0 Å². The Bertz CT molecular complexity index is 538. The van der Waals surface area contributed by atoms with E-state index in [0.717, 1.165) is 5.32 Å². The number of carbonyl (C=O) groups excluding carboxylic acids is 2. The second-order valence-corrected chi connectivity index (χ2v) is 4.45. The second-order valence-electron chi connectivity index (χ2n) is 4.45. The largest absolute Gasteiger partial charge is 0.463 e. The molecule has 0 fully saturated rings. The van der Waals surface area contributed by atoms with Crippen LogP contribution in [0.15, 0.2) is 22.5 Å². The van der Waals surface area contributed by atoms with Crippen molar-refractivity contribution in [1.82, 2.24) is 5.32 Å². The van der Waals surface area contributed by atoms with Crippen LogP contribution in [0.4, 0.5) is 26.3 Å². The molecule has 0 unspecified atom stereocenters. The maximum Gasteiger partial charge on any atom is 0.431 e. The molecule has 11 heteroatoms. The van der Waals surface area contributed by atoms with E-state index in [1.807, 2.05) is 0 Å². The summed E-state index contributed by atoms with van der Waals surface area (Å²) in [7, 11) is 0. The first-order valence-electron chi connectivity index (χ1n) is 6.65. The molecule has 24 heavy (non-hydrogen) atoms. The number of hydrogen-bond donors (Lipinski definition) is 1. The molecule has 1 rings (SSSR count). The highest BCUT2D eigenvalue weighted by molar-refractivity contribution is 5.97. The first-order valence-corrected chi connectivity index (χ1v) is 6.65. The molecule has 0 atom stereocenters. The van der Waals surface area contributed by atoms with Crippen molar-refractivity contribution in [2.45, 2.75) is 32.6 Å². The fourth-order valence-electron chi connectivity index (χ4n) is 1.90. The molecule has 0 saturated carbocycles. The van der Waals surface area contributed by atoms with Crippen LogP contribution in [0.2, 0.25) is 0 Å². The van der Waals surface area contributed by atoms with Gasteiger partial charge in [-0.1, -0.05) is 0 Å². The number of rotatable bonds is 4. The summed E-state index contributed by atoms with van der Waals surface area (Å²) in [5.41, 5.74) is -6.08. The van der Waals surface area contributed by atoms with E-state index in [2.05, 4.69) is 9.47 Å². The van der Waals surface area contributed by atoms with Gasteiger partial charge < -0.3 is 14.8 Å². The van der Waals surface area contributed by atoms with Crippen LogP contribution in [0.25, 0.3) is 0 Å². The molecule has 0 aliphatic carbocycles. The molecular formula is C13H13F6NO4. The zero-order chi connectivity index (χ0) is 18.7. The lowest BCUT2D eigenvalue weighted by atomic mass is 9.96. The van der Waals surface area contributed by atoms with E-state index in [0.29, 0.717) is 0 Å². The van der Waals surface area contributed by atoms with Crippen LogP contribution in [0.5, 0.6) is 0 Å². The molecule has 1 N–H and O–H groups in total. The maximum absolute atomic E-state index is 13.0. The Labute approximate surface area is 132 Å². The number of ether oxygens (including phenoxy) is 2. The van der Waals surface area contributed by atoms with Crippen molar-refractivity contribution >= 4 is 11.9 Å². The lowest BCUT2D eigenvalue weighted by molar-refractivity contribution is -0.143. The summed E-state index contributed by atoms with van der Waals surface area (Å²) in [5.74, 6) is -2.94. The van der Waals surface area contributed by atoms with E-state index in [9.17, 15) is 35.9 Å². The Morgan fingerprint density at radius 1 is 0.875 bits per heavy atom. The summed E-state index contributed by atoms with van der Waals surface area (Å²) < 4.78 is 86.8. The molecule has 0 bridgehead atoms. The summed E-state index contributed by atoms with van der Waals surface area (Å²) in [4.78, 5) is 23.3. The van der Waals surface area contributed by atoms with E-state index < -0.39 is 53.3 Å². The van der Waals surface area contributed by atoms with Gasteiger partial charge in [-0.2, -0.15) is 26.3 Å². The average molecular weight is 361 g/mol. The molecule has 136 valence electrons. The molecule has 0 aromatic heterocycles. The molecule has 1 heterocycles. The van der Waals surface area contributed by atoms with Gasteiger partial charge in [0, 0.05) is 6.42 Å². The second kappa shape index (κ2) is 7.14. The van der Waals surface area contributed by atoms with E-state index >= 15 is 0 Å². The monoisotopic (exact) mass is 361 g/mol. The van der Waals surface area contributed by atoms with Gasteiger partial charge >= 0.3 is 24.3 Å². The lowest BCUT2D eigenvalue weighted by Crippen LogP contribution is -2.40. The van der Waals surface area contributed by atoms with Crippen molar-refractivity contribution in [1.29, 1.82) is 0 Å². The summed E-state index contributed by atoms with van der Waals surface area (Å²) in [5, 5.41) is 1.12. The predicted molar refractivity (Wildman–Crippen MR) is 67.2 cm³/mol. The van der Waals surface area contributed by atoms with Gasteiger partial charge in [0.05, 0.1) is 24.4 Å². The van der Waals surface area contributed by atoms with Crippen LogP contribution in [-0.2, 0) is 19.1 Å². The third kappa shape index (κ3) is 4.42. The Morgan fingerprint density at radius 2 is 1.21 bits per heavy atom. The number of allylic oxidation sites excluding steroid dienone is 2. The molecule has 0 amide bonds. The van der Waals surface area contributed by atoms with Crippen LogP contribution in [0, 0.1) is 0 Å². The number of hydrogen-bond acceptors (Lipinski definition) is 5. The first kappa shape index (κ1) is 19.8. The topological polar surface area (TPSA) is 64.6 Å². The molecule has 1 aliphatic rings. The molecule has 0 saturated heterocycles. The molecule has 1 aliphatic heterocycles. The highest BCUT2D eigenvalue weighted by Crippen LogP contribution is 2.39. The molecule has 0 aromatic carbocycles. The summed E-state index contributed by atoms with van der Waals surface area (Å²) in [6.07, 6.45) is -11.8. The third-order valence-electron chi connectivity index (χ3n) is 2.82. The van der Waals surface area contributed by atoms with Crippen molar-refractivity contribution in [3.8, 4) is 0 Å². The smallest absolute Gasteiger partial charge is 0.431 e. The van der Waals surface area contributed by atoms with E-state index in [4.69, 9.17) is 0 Å². The average Bonchev–Trinajstić information content (AvgIpc) is 2.44. The highest BCUT2D eigenvalue weighted by Gasteiger charge is 2.49. The number of nitrogens with one attached hydrogen (secondary N) is 1. The van der Waals surface area contributed by atoms with Crippen molar-refractivity contribution in [2.24, 2.45) is 0 Å². The molecule has 0 aromatic rings. The minimum Gasteiger partial charge on any atom is -0.463 e. The fraction of sp³-hybridized carbons (Fsp3) is 0.538. The van der Waals surface area contributed by atoms with Crippen molar-refractivity contribution in [3.63, 3.8) is 0 Å². The SMILES string of the molecule is CCOC(=O)C1=C(C(F)(F)F)NC(C(F)(F)F)=C(C(=O)OCC)C1. The van der Waals surface area contributed by atoms with Crippen LogP contribution in [0.1, 0.15) is 20.3 Å². The number of carbonyl (C=O) groups is 2. The first-order chi connectivity index (χ1) is 10.9. The van der Waals surface area contributed by atoms with Gasteiger partial charge in [-0.05, 0) is 13.8 Å². The van der Waals surface area contributed by atoms with Crippen LogP contribution < -0.4 is 5.32 Å². The Morgan fingerprint density at radius 3 is 1.46 bits per heavy atom. The Hall–Kier alpha value is -2.20. The van der Waals surface area contributed by atoms with E-state index in [-0.39, 0.29) is 13.2 Å². The number of esters is 2. The summed E-state index contributed by atoms with van der Waals surface area (Å²) in [6.45, 7) is 2.03. The number of alkyl halides is 6. The summed E-state index contributed by atoms with van der Waals surface area (Å²) >= 11 is 0. The third-order valence-corrected chi connectivity index (χ3v) is 2.82. The van der Waals surface area contributed by atoms with Gasteiger partial charge in [0.2, 0.25) is 0 Å². The van der Waals surface area contributed by atoms with Crippen LogP contribution in [0.3, 0.4) is 0 Å². The number of dihydropyridines is 1. The van der Waals surface area contributed by atoms with Crippen LogP contribution >= 0.6 is 0 Å². The summed E-state index contributed by atoms with van der Waals surface area (Å²) in [6, 6.07) is 0. The van der Waals surface area contributed by atoms with Crippen molar-refractivity contribution in [2.75, 3.05) is 13.2 Å². The van der Waals surface area contributed by atoms with Gasteiger partial charge in [-0.25, -0.2) is 9.59 Å². The maximum atomic E-state index is 13.0. The minimum atomic E-state index is -5.28. The highest BCUT2D eigenvalue weighted by atomic mass is 19.4. The van der Waals surface area contributed by atoms with Crippen molar-refractivity contribution < 1.29 is 45.4 Å². The fourth-order valence-corrected chi connectivity index (χ4v) is 1.90. The zero-order valence-corrected chi connectivity index (χ0v) is 12.5. The van der Waals surface area contributed by atoms with E-state index in [1.165, 1.54) is 13.8 Å². The quantitative estimate of drug-likeness (QED) is 0.616. The molecule has 0 radical (unpaired) electrons.